The van der Waals surface area contributed by atoms with E-state index in [4.69, 9.17) is 9.47 Å². The van der Waals surface area contributed by atoms with Gasteiger partial charge in [0.15, 0.2) is 11.5 Å². The largest absolute Gasteiger partial charge is 0.493 e. The average Bonchev–Trinajstić information content (AvgIpc) is 3.34. The molecule has 3 rings (SSSR count). The summed E-state index contributed by atoms with van der Waals surface area (Å²) in [6, 6.07) is 6.37. The van der Waals surface area contributed by atoms with Crippen molar-refractivity contribution in [2.75, 3.05) is 12.4 Å². The summed E-state index contributed by atoms with van der Waals surface area (Å²) < 4.78 is 127. The lowest BCUT2D eigenvalue weighted by Crippen LogP contribution is -2.14. The number of benzene rings is 2. The van der Waals surface area contributed by atoms with Gasteiger partial charge in [0.1, 0.15) is 18.2 Å². The summed E-state index contributed by atoms with van der Waals surface area (Å²) in [7, 11) is 1.17. The van der Waals surface area contributed by atoms with Crippen LogP contribution in [0.1, 0.15) is 27.3 Å². The summed E-state index contributed by atoms with van der Waals surface area (Å²) in [5.41, 5.74) is -4.01. The number of carbonyl (C=O) groups is 1. The monoisotopic (exact) mass is 596 g/mol. The fraction of sp³-hybridized carbons (Fsp3) is 0.217. The van der Waals surface area contributed by atoms with Gasteiger partial charge in [0.25, 0.3) is 5.91 Å². The van der Waals surface area contributed by atoms with Crippen molar-refractivity contribution in [3.8, 4) is 17.6 Å². The standard InChI is InChI=1S/C23H13F9N4O3S/c1-38-17-7-11(6-13(9-33)18(37)34-20-36-35-19(40-20)23(30,31)32)2-5-16(17)39-10-12-3-4-14(21(24,25)26)8-15(12)22(27,28)29/h2-8H,10H2,1H3,(H,34,36,37)/b13-6+. The minimum absolute atomic E-state index is 0.0238. The number of hydrogen-bond donors (Lipinski definition) is 1. The van der Waals surface area contributed by atoms with E-state index < -0.39 is 63.4 Å². The molecular formula is C23H13F9N4O3S. The lowest BCUT2D eigenvalue weighted by atomic mass is 10.0. The number of alkyl halides is 9. The number of nitriles is 1. The lowest BCUT2D eigenvalue weighted by Gasteiger charge is -2.17. The van der Waals surface area contributed by atoms with E-state index in [9.17, 15) is 49.6 Å². The van der Waals surface area contributed by atoms with Gasteiger partial charge in [-0.3, -0.25) is 10.1 Å². The second-order valence-electron chi connectivity index (χ2n) is 7.60. The highest BCUT2D eigenvalue weighted by Crippen LogP contribution is 2.38. The number of amides is 1. The normalized spacial score (nSPS) is 12.6. The predicted octanol–water partition coefficient (Wildman–Crippen LogP) is 6.73. The van der Waals surface area contributed by atoms with Crippen molar-refractivity contribution in [2.24, 2.45) is 0 Å². The maximum Gasteiger partial charge on any atom is 0.445 e. The molecule has 0 saturated carbocycles. The zero-order valence-electron chi connectivity index (χ0n) is 19.6. The minimum atomic E-state index is -5.10. The first-order valence-corrected chi connectivity index (χ1v) is 11.3. The van der Waals surface area contributed by atoms with E-state index in [0.717, 1.165) is 6.08 Å². The zero-order chi connectivity index (χ0) is 29.9. The lowest BCUT2D eigenvalue weighted by molar-refractivity contribution is -0.143. The van der Waals surface area contributed by atoms with Crippen molar-refractivity contribution in [3.63, 3.8) is 0 Å². The molecule has 7 nitrogen and oxygen atoms in total. The first-order valence-electron chi connectivity index (χ1n) is 10.4. The summed E-state index contributed by atoms with van der Waals surface area (Å²) in [4.78, 5) is 12.3. The molecule has 0 bridgehead atoms. The number of hydrogen-bond acceptors (Lipinski definition) is 7. The Morgan fingerprint density at radius 3 is 2.23 bits per heavy atom. The second kappa shape index (κ2) is 11.4. The van der Waals surface area contributed by atoms with E-state index in [-0.39, 0.29) is 34.5 Å². The van der Waals surface area contributed by atoms with Crippen LogP contribution in [0, 0.1) is 11.3 Å². The van der Waals surface area contributed by atoms with Gasteiger partial charge in [-0.15, -0.1) is 10.2 Å². The topological polar surface area (TPSA) is 97.1 Å². The average molecular weight is 596 g/mol. The van der Waals surface area contributed by atoms with Crippen LogP contribution in [-0.2, 0) is 29.9 Å². The molecule has 0 aliphatic carbocycles. The first kappa shape index (κ1) is 30.2. The number of nitrogens with one attached hydrogen (secondary N) is 1. The predicted molar refractivity (Wildman–Crippen MR) is 121 cm³/mol. The highest BCUT2D eigenvalue weighted by Gasteiger charge is 2.38. The van der Waals surface area contributed by atoms with Crippen LogP contribution in [0.25, 0.3) is 6.08 Å². The molecule has 0 atom stereocenters. The molecule has 40 heavy (non-hydrogen) atoms. The van der Waals surface area contributed by atoms with Crippen LogP contribution in [0.15, 0.2) is 42.0 Å². The molecule has 1 N–H and O–H groups in total. The third kappa shape index (κ3) is 7.40. The molecule has 0 spiro atoms. The molecule has 0 aliphatic heterocycles. The van der Waals surface area contributed by atoms with Crippen molar-refractivity contribution in [2.45, 2.75) is 25.1 Å². The Morgan fingerprint density at radius 2 is 1.68 bits per heavy atom. The number of nitrogens with zero attached hydrogens (tertiary/aromatic N) is 3. The van der Waals surface area contributed by atoms with Crippen LogP contribution >= 0.6 is 11.3 Å². The molecule has 1 aromatic heterocycles. The van der Waals surface area contributed by atoms with Gasteiger partial charge in [-0.1, -0.05) is 23.5 Å². The number of rotatable bonds is 7. The molecule has 3 aromatic rings. The molecule has 17 heteroatoms. The van der Waals surface area contributed by atoms with Crippen LogP contribution in [0.4, 0.5) is 44.6 Å². The Balaban J connectivity index is 1.80. The van der Waals surface area contributed by atoms with Crippen molar-refractivity contribution < 1.29 is 53.8 Å². The SMILES string of the molecule is COc1cc(/C=C(\C#N)C(=O)Nc2nnc(C(F)(F)F)s2)ccc1OCc1ccc(C(F)(F)F)cc1C(F)(F)F. The molecule has 1 amide bonds. The Labute approximate surface area is 222 Å². The van der Waals surface area contributed by atoms with Crippen molar-refractivity contribution in [1.82, 2.24) is 10.2 Å². The third-order valence-electron chi connectivity index (χ3n) is 4.88. The van der Waals surface area contributed by atoms with Gasteiger partial charge in [0.05, 0.1) is 18.2 Å². The van der Waals surface area contributed by atoms with Crippen LogP contribution in [0.5, 0.6) is 11.5 Å². The van der Waals surface area contributed by atoms with E-state index in [2.05, 4.69) is 10.2 Å². The number of ether oxygens (including phenoxy) is 2. The Hall–Kier alpha value is -4.33. The maximum absolute atomic E-state index is 13.4. The summed E-state index contributed by atoms with van der Waals surface area (Å²) in [5, 5.41) is 15.6. The van der Waals surface area contributed by atoms with E-state index in [1.54, 1.807) is 6.07 Å². The number of halogens is 9. The van der Waals surface area contributed by atoms with Crippen LogP contribution < -0.4 is 14.8 Å². The van der Waals surface area contributed by atoms with Crippen molar-refractivity contribution >= 4 is 28.5 Å². The molecule has 0 unspecified atom stereocenters. The summed E-state index contributed by atoms with van der Waals surface area (Å²) >= 11 is 0.0399. The van der Waals surface area contributed by atoms with Gasteiger partial charge in [-0.25, -0.2) is 0 Å². The summed E-state index contributed by atoms with van der Waals surface area (Å²) in [6.45, 7) is -0.786. The first-order chi connectivity index (χ1) is 18.5. The van der Waals surface area contributed by atoms with Gasteiger partial charge in [-0.05, 0) is 35.9 Å². The number of aromatic nitrogens is 2. The molecule has 0 radical (unpaired) electrons. The molecule has 2 aromatic carbocycles. The Kier molecular flexibility index (Phi) is 8.63. The number of carbonyl (C=O) groups excluding carboxylic acids is 1. The van der Waals surface area contributed by atoms with E-state index >= 15 is 0 Å². The Bertz CT molecular complexity index is 1470. The highest BCUT2D eigenvalue weighted by atomic mass is 32.1. The smallest absolute Gasteiger partial charge is 0.445 e. The summed E-state index contributed by atoms with van der Waals surface area (Å²) in [5.74, 6) is -1.30. The molecule has 0 fully saturated rings. The zero-order valence-corrected chi connectivity index (χ0v) is 20.4. The highest BCUT2D eigenvalue weighted by molar-refractivity contribution is 7.15. The quantitative estimate of drug-likeness (QED) is 0.185. The maximum atomic E-state index is 13.4. The second-order valence-corrected chi connectivity index (χ2v) is 8.58. The van der Waals surface area contributed by atoms with E-state index in [1.165, 1.54) is 25.3 Å². The molecular weight excluding hydrogens is 583 g/mol. The molecule has 0 aliphatic rings. The van der Waals surface area contributed by atoms with Gasteiger partial charge in [0, 0.05) is 5.56 Å². The van der Waals surface area contributed by atoms with E-state index in [1.807, 2.05) is 5.32 Å². The minimum Gasteiger partial charge on any atom is -0.493 e. The van der Waals surface area contributed by atoms with Gasteiger partial charge in [0.2, 0.25) is 10.1 Å². The summed E-state index contributed by atoms with van der Waals surface area (Å²) in [6.07, 6.45) is -13.8. The van der Waals surface area contributed by atoms with Crippen LogP contribution in [0.2, 0.25) is 0 Å². The van der Waals surface area contributed by atoms with Gasteiger partial charge >= 0.3 is 18.5 Å². The fourth-order valence-electron chi connectivity index (χ4n) is 3.06. The van der Waals surface area contributed by atoms with E-state index in [0.29, 0.717) is 12.1 Å². The number of anilines is 1. The van der Waals surface area contributed by atoms with Crippen molar-refractivity contribution in [1.29, 1.82) is 5.26 Å². The Morgan fingerprint density at radius 1 is 0.975 bits per heavy atom. The number of methoxy groups -OCH3 is 1. The van der Waals surface area contributed by atoms with Crippen LogP contribution in [-0.4, -0.2) is 23.2 Å². The molecule has 212 valence electrons. The molecule has 0 saturated heterocycles. The third-order valence-corrected chi connectivity index (χ3v) is 5.76. The molecule has 1 heterocycles. The van der Waals surface area contributed by atoms with Gasteiger partial charge in [-0.2, -0.15) is 44.8 Å². The van der Waals surface area contributed by atoms with Crippen molar-refractivity contribution in [3.05, 3.63) is 69.2 Å². The fourth-order valence-corrected chi connectivity index (χ4v) is 3.67. The van der Waals surface area contributed by atoms with Crippen LogP contribution in [0.3, 0.4) is 0 Å². The van der Waals surface area contributed by atoms with Gasteiger partial charge < -0.3 is 9.47 Å².